The van der Waals surface area contributed by atoms with Crippen LogP contribution in [0, 0.1) is 18.6 Å². The largest absolute Gasteiger partial charge is 0.374 e. The van der Waals surface area contributed by atoms with Gasteiger partial charge in [-0.25, -0.2) is 8.78 Å². The Morgan fingerprint density at radius 2 is 1.86 bits per heavy atom. The number of hydrogen-bond acceptors (Lipinski definition) is 2. The molecule has 0 aliphatic heterocycles. The van der Waals surface area contributed by atoms with Crippen molar-refractivity contribution in [1.29, 1.82) is 0 Å². The lowest BCUT2D eigenvalue weighted by Crippen LogP contribution is -2.32. The predicted molar refractivity (Wildman–Crippen MR) is 84.3 cm³/mol. The summed E-state index contributed by atoms with van der Waals surface area (Å²) < 4.78 is 27.0. The number of halogens is 3. The summed E-state index contributed by atoms with van der Waals surface area (Å²) >= 11 is 5.77. The minimum Gasteiger partial charge on any atom is -0.374 e. The summed E-state index contributed by atoms with van der Waals surface area (Å²) in [4.78, 5) is 12.1. The third-order valence-electron chi connectivity index (χ3n) is 3.13. The van der Waals surface area contributed by atoms with Gasteiger partial charge in [0.1, 0.15) is 17.7 Å². The average Bonchev–Trinajstić information content (AvgIpc) is 2.46. The highest BCUT2D eigenvalue weighted by Gasteiger charge is 2.15. The van der Waals surface area contributed by atoms with Crippen LogP contribution in [0.4, 0.5) is 20.2 Å². The Balaban J connectivity index is 2.05. The molecule has 1 atom stereocenters. The maximum atomic E-state index is 13.6. The van der Waals surface area contributed by atoms with E-state index in [2.05, 4.69) is 10.6 Å². The number of aryl methyl sites for hydroxylation is 1. The molecule has 1 amide bonds. The summed E-state index contributed by atoms with van der Waals surface area (Å²) in [5.41, 5.74) is 0.988. The Labute approximate surface area is 132 Å². The van der Waals surface area contributed by atoms with E-state index >= 15 is 0 Å². The summed E-state index contributed by atoms with van der Waals surface area (Å²) in [5, 5.41) is 5.62. The molecule has 2 N–H and O–H groups in total. The second-order valence-electron chi connectivity index (χ2n) is 4.94. The molecule has 0 saturated heterocycles. The van der Waals surface area contributed by atoms with Gasteiger partial charge >= 0.3 is 0 Å². The van der Waals surface area contributed by atoms with Gasteiger partial charge in [0, 0.05) is 10.7 Å². The highest BCUT2D eigenvalue weighted by atomic mass is 35.5. The molecular formula is C16H15ClF2N2O. The topological polar surface area (TPSA) is 41.1 Å². The highest BCUT2D eigenvalue weighted by molar-refractivity contribution is 6.30. The van der Waals surface area contributed by atoms with Gasteiger partial charge in [0.15, 0.2) is 0 Å². The molecular weight excluding hydrogens is 310 g/mol. The second-order valence-corrected chi connectivity index (χ2v) is 5.38. The van der Waals surface area contributed by atoms with Crippen LogP contribution in [-0.4, -0.2) is 11.9 Å². The molecule has 1 unspecified atom stereocenters. The van der Waals surface area contributed by atoms with Crippen molar-refractivity contribution in [2.45, 2.75) is 19.9 Å². The summed E-state index contributed by atoms with van der Waals surface area (Å²) in [7, 11) is 0. The first-order chi connectivity index (χ1) is 10.4. The molecule has 0 heterocycles. The van der Waals surface area contributed by atoms with Crippen LogP contribution in [0.5, 0.6) is 0 Å². The Morgan fingerprint density at radius 3 is 2.55 bits per heavy atom. The van der Waals surface area contributed by atoms with Crippen LogP contribution in [0.2, 0.25) is 5.02 Å². The highest BCUT2D eigenvalue weighted by Crippen LogP contribution is 2.20. The number of carbonyl (C=O) groups excluding carboxylic acids is 1. The van der Waals surface area contributed by atoms with Crippen molar-refractivity contribution in [3.05, 3.63) is 58.6 Å². The van der Waals surface area contributed by atoms with Gasteiger partial charge in [0.2, 0.25) is 5.91 Å². The lowest BCUT2D eigenvalue weighted by molar-refractivity contribution is -0.116. The van der Waals surface area contributed by atoms with Crippen molar-refractivity contribution in [3.63, 3.8) is 0 Å². The van der Waals surface area contributed by atoms with Crippen LogP contribution in [-0.2, 0) is 4.79 Å². The molecule has 6 heteroatoms. The SMILES string of the molecule is Cc1ccc(NC(C)C(=O)Nc2cc(Cl)ccc2F)cc1F. The summed E-state index contributed by atoms with van der Waals surface area (Å²) in [5.74, 6) is -1.40. The van der Waals surface area contributed by atoms with Gasteiger partial charge in [-0.1, -0.05) is 17.7 Å². The number of rotatable bonds is 4. The van der Waals surface area contributed by atoms with E-state index in [1.54, 1.807) is 26.0 Å². The van der Waals surface area contributed by atoms with Gasteiger partial charge in [-0.3, -0.25) is 4.79 Å². The molecule has 0 saturated carbocycles. The molecule has 0 radical (unpaired) electrons. The van der Waals surface area contributed by atoms with Gasteiger partial charge in [0.25, 0.3) is 0 Å². The second kappa shape index (κ2) is 6.75. The van der Waals surface area contributed by atoms with Crippen molar-refractivity contribution in [2.75, 3.05) is 10.6 Å². The number of hydrogen-bond donors (Lipinski definition) is 2. The molecule has 116 valence electrons. The molecule has 3 nitrogen and oxygen atoms in total. The molecule has 0 aliphatic rings. The van der Waals surface area contributed by atoms with Crippen LogP contribution in [0.15, 0.2) is 36.4 Å². The number of amides is 1. The lowest BCUT2D eigenvalue weighted by Gasteiger charge is -2.16. The summed E-state index contributed by atoms with van der Waals surface area (Å²) in [6.07, 6.45) is 0. The number of carbonyl (C=O) groups is 1. The van der Waals surface area contributed by atoms with Gasteiger partial charge in [0.05, 0.1) is 5.69 Å². The van der Waals surface area contributed by atoms with E-state index in [-0.39, 0.29) is 11.5 Å². The van der Waals surface area contributed by atoms with Crippen molar-refractivity contribution in [1.82, 2.24) is 0 Å². The number of benzene rings is 2. The minimum atomic E-state index is -0.680. The van der Waals surface area contributed by atoms with E-state index in [9.17, 15) is 13.6 Å². The van der Waals surface area contributed by atoms with Crippen molar-refractivity contribution >= 4 is 28.9 Å². The standard InChI is InChI=1S/C16H15ClF2N2O/c1-9-3-5-12(8-14(9)19)20-10(2)16(22)21-15-7-11(17)4-6-13(15)18/h3-8,10,20H,1-2H3,(H,21,22). The third-order valence-corrected chi connectivity index (χ3v) is 3.37. The number of nitrogens with one attached hydrogen (secondary N) is 2. The molecule has 0 spiro atoms. The minimum absolute atomic E-state index is 0.00115. The van der Waals surface area contributed by atoms with Crippen LogP contribution in [0.25, 0.3) is 0 Å². The first kappa shape index (κ1) is 16.2. The molecule has 2 aromatic carbocycles. The Kier molecular flexibility index (Phi) is 4.98. The molecule has 0 fully saturated rings. The average molecular weight is 325 g/mol. The zero-order valence-electron chi connectivity index (χ0n) is 12.1. The molecule has 0 aromatic heterocycles. The first-order valence-electron chi connectivity index (χ1n) is 6.65. The summed E-state index contributed by atoms with van der Waals surface area (Å²) in [6.45, 7) is 3.24. The van der Waals surface area contributed by atoms with Crippen LogP contribution in [0.3, 0.4) is 0 Å². The Bertz CT molecular complexity index is 707. The monoisotopic (exact) mass is 324 g/mol. The number of anilines is 2. The molecule has 22 heavy (non-hydrogen) atoms. The molecule has 0 bridgehead atoms. The predicted octanol–water partition coefficient (Wildman–Crippen LogP) is 4.37. The molecule has 2 rings (SSSR count). The normalized spacial score (nSPS) is 11.9. The van der Waals surface area contributed by atoms with Crippen molar-refractivity contribution < 1.29 is 13.6 Å². The van der Waals surface area contributed by atoms with Gasteiger partial charge < -0.3 is 10.6 Å². The third kappa shape index (κ3) is 3.95. The van der Waals surface area contributed by atoms with Crippen LogP contribution in [0.1, 0.15) is 12.5 Å². The molecule has 2 aromatic rings. The van der Waals surface area contributed by atoms with Crippen molar-refractivity contribution in [3.8, 4) is 0 Å². The van der Waals surface area contributed by atoms with E-state index in [0.717, 1.165) is 0 Å². The van der Waals surface area contributed by atoms with E-state index < -0.39 is 17.8 Å². The maximum absolute atomic E-state index is 13.6. The Hall–Kier alpha value is -2.14. The van der Waals surface area contributed by atoms with Gasteiger partial charge in [-0.05, 0) is 49.7 Å². The van der Waals surface area contributed by atoms with E-state index in [0.29, 0.717) is 16.3 Å². The van der Waals surface area contributed by atoms with Crippen LogP contribution < -0.4 is 10.6 Å². The maximum Gasteiger partial charge on any atom is 0.246 e. The van der Waals surface area contributed by atoms with E-state index in [4.69, 9.17) is 11.6 Å². The summed E-state index contributed by atoms with van der Waals surface area (Å²) in [6, 6.07) is 7.79. The fraction of sp³-hybridized carbons (Fsp3) is 0.188. The van der Waals surface area contributed by atoms with Gasteiger partial charge in [-0.2, -0.15) is 0 Å². The zero-order chi connectivity index (χ0) is 16.3. The van der Waals surface area contributed by atoms with E-state index in [1.165, 1.54) is 24.3 Å². The van der Waals surface area contributed by atoms with Crippen molar-refractivity contribution in [2.24, 2.45) is 0 Å². The van der Waals surface area contributed by atoms with E-state index in [1.807, 2.05) is 0 Å². The first-order valence-corrected chi connectivity index (χ1v) is 7.03. The fourth-order valence-electron chi connectivity index (χ4n) is 1.83. The fourth-order valence-corrected chi connectivity index (χ4v) is 2.00. The zero-order valence-corrected chi connectivity index (χ0v) is 12.8. The van der Waals surface area contributed by atoms with Crippen LogP contribution >= 0.6 is 11.6 Å². The van der Waals surface area contributed by atoms with Gasteiger partial charge in [-0.15, -0.1) is 0 Å². The lowest BCUT2D eigenvalue weighted by atomic mass is 10.2. The Morgan fingerprint density at radius 1 is 1.14 bits per heavy atom. The quantitative estimate of drug-likeness (QED) is 0.877. The molecule has 0 aliphatic carbocycles. The smallest absolute Gasteiger partial charge is 0.246 e.